The zero-order chi connectivity index (χ0) is 27.8. The number of rotatable bonds is 8. The molecule has 1 aromatic heterocycles. The number of amides is 1. The third kappa shape index (κ3) is 5.24. The van der Waals surface area contributed by atoms with Crippen LogP contribution in [0.3, 0.4) is 0 Å². The highest BCUT2D eigenvalue weighted by molar-refractivity contribution is 7.48. The first-order valence-electron chi connectivity index (χ1n) is 11.3. The highest BCUT2D eigenvalue weighted by Gasteiger charge is 2.65. The predicted molar refractivity (Wildman–Crippen MR) is 126 cm³/mol. The van der Waals surface area contributed by atoms with E-state index in [1.807, 2.05) is 0 Å². The third-order valence-electron chi connectivity index (χ3n) is 5.58. The van der Waals surface area contributed by atoms with Crippen LogP contribution in [0.1, 0.15) is 30.4 Å². The summed E-state index contributed by atoms with van der Waals surface area (Å²) in [5, 5.41) is 2.41. The molecular formula is C22H26F2N3O10P. The molecule has 0 aliphatic carbocycles. The van der Waals surface area contributed by atoms with Gasteiger partial charge in [0.25, 0.3) is 5.91 Å². The van der Waals surface area contributed by atoms with E-state index in [1.165, 1.54) is 47.3 Å². The standard InChI is InChI=1S/C22H26F2N3O10P/c1-11(2)36-38(30)34-10-15-18(37-38)22(23,24)20(35-15)27-7-6-16(26-21(27)29)25-19(28)12-8-13(31-3)17(33-5)14(9-12)32-4/h6-9,11,15,18,20H,10H2,1-5H3,(H,25,26,28,29)/t15-,18-,20?,38?/m1/s1. The molecule has 2 unspecified atom stereocenters. The number of carbonyl (C=O) groups excluding carboxylic acids is 1. The van der Waals surface area contributed by atoms with Crippen LogP contribution in [0.25, 0.3) is 0 Å². The summed E-state index contributed by atoms with van der Waals surface area (Å²) in [4.78, 5) is 29.1. The number of phosphoric ester groups is 1. The molecule has 2 aliphatic heterocycles. The topological polar surface area (TPSA) is 146 Å². The SMILES string of the molecule is COc1cc(C(=O)Nc2ccn(C3O[C@@H]4COP(=O)(OC(C)C)O[C@H]4C3(F)F)c(=O)n2)cc(OC)c1OC. The van der Waals surface area contributed by atoms with Gasteiger partial charge in [-0.3, -0.25) is 22.9 Å². The average Bonchev–Trinajstić information content (AvgIpc) is 3.11. The van der Waals surface area contributed by atoms with E-state index in [-0.39, 0.29) is 28.6 Å². The summed E-state index contributed by atoms with van der Waals surface area (Å²) in [6.07, 6.45) is -5.07. The number of ether oxygens (including phenoxy) is 4. The zero-order valence-corrected chi connectivity index (χ0v) is 21.9. The minimum atomic E-state index is -4.26. The summed E-state index contributed by atoms with van der Waals surface area (Å²) in [6.45, 7) is 2.58. The number of fused-ring (bicyclic) bond motifs is 1. The molecule has 38 heavy (non-hydrogen) atoms. The summed E-state index contributed by atoms with van der Waals surface area (Å²) in [5.74, 6) is -3.98. The number of halogens is 2. The van der Waals surface area contributed by atoms with E-state index in [4.69, 9.17) is 32.5 Å². The molecule has 1 amide bonds. The minimum absolute atomic E-state index is 0.0883. The summed E-state index contributed by atoms with van der Waals surface area (Å²) in [5.41, 5.74) is -1.05. The predicted octanol–water partition coefficient (Wildman–Crippen LogP) is 3.00. The lowest BCUT2D eigenvalue weighted by Gasteiger charge is -2.32. The van der Waals surface area contributed by atoms with Crippen LogP contribution in [0.2, 0.25) is 0 Å². The number of nitrogens with one attached hydrogen (secondary N) is 1. The van der Waals surface area contributed by atoms with E-state index in [1.54, 1.807) is 0 Å². The molecule has 16 heteroatoms. The van der Waals surface area contributed by atoms with Gasteiger partial charge in [-0.05, 0) is 32.0 Å². The van der Waals surface area contributed by atoms with E-state index in [0.29, 0.717) is 4.57 Å². The van der Waals surface area contributed by atoms with Gasteiger partial charge in [0, 0.05) is 11.8 Å². The second kappa shape index (κ2) is 10.6. The fourth-order valence-electron chi connectivity index (χ4n) is 3.94. The van der Waals surface area contributed by atoms with Crippen LogP contribution in [-0.4, -0.2) is 67.6 Å². The lowest BCUT2D eigenvalue weighted by molar-refractivity contribution is -0.139. The number of phosphoric acid groups is 1. The Morgan fingerprint density at radius 1 is 1.21 bits per heavy atom. The number of aromatic nitrogens is 2. The number of hydrogen-bond donors (Lipinski definition) is 1. The number of hydrogen-bond acceptors (Lipinski definition) is 11. The van der Waals surface area contributed by atoms with Crippen LogP contribution in [-0.2, 0) is 22.9 Å². The quantitative estimate of drug-likeness (QED) is 0.475. The number of anilines is 1. The van der Waals surface area contributed by atoms with Gasteiger partial charge in [0.2, 0.25) is 12.0 Å². The van der Waals surface area contributed by atoms with Crippen molar-refractivity contribution in [3.05, 3.63) is 40.4 Å². The monoisotopic (exact) mass is 561 g/mol. The van der Waals surface area contributed by atoms with Gasteiger partial charge >= 0.3 is 19.4 Å². The van der Waals surface area contributed by atoms with Gasteiger partial charge in [-0.15, -0.1) is 0 Å². The fourth-order valence-corrected chi connectivity index (χ4v) is 5.51. The Morgan fingerprint density at radius 2 is 1.87 bits per heavy atom. The molecular weight excluding hydrogens is 535 g/mol. The number of methoxy groups -OCH3 is 3. The molecule has 4 rings (SSSR count). The number of nitrogens with zero attached hydrogens (tertiary/aromatic N) is 2. The molecule has 2 saturated heterocycles. The zero-order valence-electron chi connectivity index (χ0n) is 21.0. The summed E-state index contributed by atoms with van der Waals surface area (Å²) in [6, 6.07) is 3.91. The van der Waals surface area contributed by atoms with Crippen LogP contribution in [0.5, 0.6) is 17.2 Å². The molecule has 208 valence electrons. The maximum Gasteiger partial charge on any atom is 0.475 e. The Labute approximate surface area is 215 Å². The molecule has 4 atom stereocenters. The Morgan fingerprint density at radius 3 is 2.42 bits per heavy atom. The summed E-state index contributed by atoms with van der Waals surface area (Å²) >= 11 is 0. The second-order valence-electron chi connectivity index (χ2n) is 8.50. The molecule has 2 aromatic rings. The van der Waals surface area contributed by atoms with Gasteiger partial charge in [0.15, 0.2) is 17.6 Å². The van der Waals surface area contributed by atoms with E-state index in [2.05, 4.69) is 10.3 Å². The van der Waals surface area contributed by atoms with Crippen LogP contribution in [0.4, 0.5) is 14.6 Å². The molecule has 0 radical (unpaired) electrons. The molecule has 0 bridgehead atoms. The van der Waals surface area contributed by atoms with Crippen LogP contribution < -0.4 is 25.2 Å². The van der Waals surface area contributed by atoms with Crippen molar-refractivity contribution in [2.45, 2.75) is 44.3 Å². The van der Waals surface area contributed by atoms with E-state index in [9.17, 15) is 14.2 Å². The van der Waals surface area contributed by atoms with Gasteiger partial charge in [-0.25, -0.2) is 9.36 Å². The van der Waals surface area contributed by atoms with Crippen LogP contribution in [0.15, 0.2) is 29.2 Å². The third-order valence-corrected chi connectivity index (χ3v) is 7.21. The second-order valence-corrected chi connectivity index (χ2v) is 10.1. The van der Waals surface area contributed by atoms with Crippen molar-refractivity contribution in [1.82, 2.24) is 9.55 Å². The van der Waals surface area contributed by atoms with Gasteiger partial charge in [-0.1, -0.05) is 0 Å². The van der Waals surface area contributed by atoms with Crippen molar-refractivity contribution >= 4 is 19.5 Å². The van der Waals surface area contributed by atoms with E-state index < -0.39 is 56.5 Å². The molecule has 0 spiro atoms. The Kier molecular flexibility index (Phi) is 7.77. The number of alkyl halides is 2. The van der Waals surface area contributed by atoms with Gasteiger partial charge in [0.05, 0.1) is 34.0 Å². The lowest BCUT2D eigenvalue weighted by Crippen LogP contribution is -2.45. The smallest absolute Gasteiger partial charge is 0.475 e. The first-order valence-corrected chi connectivity index (χ1v) is 12.7. The van der Waals surface area contributed by atoms with Gasteiger partial charge in [-0.2, -0.15) is 13.8 Å². The van der Waals surface area contributed by atoms with Crippen LogP contribution in [0, 0.1) is 0 Å². The highest BCUT2D eigenvalue weighted by atomic mass is 31.2. The maximum atomic E-state index is 15.3. The van der Waals surface area contributed by atoms with Crippen LogP contribution >= 0.6 is 7.82 Å². The largest absolute Gasteiger partial charge is 0.493 e. The van der Waals surface area contributed by atoms with Crippen molar-refractivity contribution in [3.63, 3.8) is 0 Å². The first kappa shape index (κ1) is 27.9. The average molecular weight is 561 g/mol. The Balaban J connectivity index is 1.54. The lowest BCUT2D eigenvalue weighted by atomic mass is 10.1. The van der Waals surface area contributed by atoms with Crippen molar-refractivity contribution < 1.29 is 50.7 Å². The summed E-state index contributed by atoms with van der Waals surface area (Å²) < 4.78 is 79.7. The molecule has 1 N–H and O–H groups in total. The molecule has 2 aliphatic rings. The normalized spacial score (nSPS) is 26.1. The van der Waals surface area contributed by atoms with Gasteiger partial charge in [0.1, 0.15) is 11.9 Å². The molecule has 3 heterocycles. The first-order chi connectivity index (χ1) is 17.9. The van der Waals surface area contributed by atoms with Gasteiger partial charge < -0.3 is 24.3 Å². The number of carbonyl (C=O) groups is 1. The Hall–Kier alpha value is -3.10. The molecule has 2 fully saturated rings. The van der Waals surface area contributed by atoms with Crippen molar-refractivity contribution in [3.8, 4) is 17.2 Å². The summed E-state index contributed by atoms with van der Waals surface area (Å²) in [7, 11) is -0.0917. The molecule has 0 saturated carbocycles. The van der Waals surface area contributed by atoms with Crippen molar-refractivity contribution in [1.29, 1.82) is 0 Å². The fraction of sp³-hybridized carbons (Fsp3) is 0.500. The Bertz CT molecular complexity index is 1300. The van der Waals surface area contributed by atoms with Crippen molar-refractivity contribution in [2.75, 3.05) is 33.3 Å². The molecule has 13 nitrogen and oxygen atoms in total. The van der Waals surface area contributed by atoms with E-state index in [0.717, 1.165) is 12.3 Å². The maximum absolute atomic E-state index is 15.3. The number of benzene rings is 1. The van der Waals surface area contributed by atoms with Crippen molar-refractivity contribution in [2.24, 2.45) is 0 Å². The van der Waals surface area contributed by atoms with E-state index >= 15 is 8.78 Å². The minimum Gasteiger partial charge on any atom is -0.493 e. The highest BCUT2D eigenvalue weighted by Crippen LogP contribution is 2.60. The molecule has 1 aromatic carbocycles.